The summed E-state index contributed by atoms with van der Waals surface area (Å²) in [6, 6.07) is 14.4. The molecular formula is C20H25O2P. The van der Waals surface area contributed by atoms with Gasteiger partial charge in [-0.2, -0.15) is 0 Å². The topological polar surface area (TPSA) is 26.3 Å². The molecule has 0 fully saturated rings. The monoisotopic (exact) mass is 328 g/mol. The average molecular weight is 328 g/mol. The third-order valence-electron chi connectivity index (χ3n) is 4.54. The number of carbonyl (C=O) groups excluding carboxylic acids is 1. The van der Waals surface area contributed by atoms with Gasteiger partial charge in [0.05, 0.1) is 7.11 Å². The summed E-state index contributed by atoms with van der Waals surface area (Å²) in [6.07, 6.45) is 3.00. The van der Waals surface area contributed by atoms with Gasteiger partial charge in [-0.15, -0.1) is 0 Å². The van der Waals surface area contributed by atoms with Crippen LogP contribution in [0.3, 0.4) is 0 Å². The van der Waals surface area contributed by atoms with Gasteiger partial charge in [0.1, 0.15) is 5.75 Å². The van der Waals surface area contributed by atoms with Crippen molar-refractivity contribution in [2.45, 2.75) is 38.8 Å². The van der Waals surface area contributed by atoms with E-state index < -0.39 is 0 Å². The number of methoxy groups -OCH3 is 1. The van der Waals surface area contributed by atoms with Crippen LogP contribution in [0.4, 0.5) is 0 Å². The number of benzene rings is 2. The van der Waals surface area contributed by atoms with Crippen LogP contribution in [-0.2, 0) is 5.16 Å². The van der Waals surface area contributed by atoms with Crippen LogP contribution >= 0.6 is 8.58 Å². The number of carbonyl (C=O) groups is 1. The van der Waals surface area contributed by atoms with E-state index in [2.05, 4.69) is 38.1 Å². The molecule has 0 amide bonds. The molecule has 2 nitrogen and oxygen atoms in total. The van der Waals surface area contributed by atoms with Crippen LogP contribution in [0.15, 0.2) is 42.5 Å². The van der Waals surface area contributed by atoms with E-state index in [1.165, 1.54) is 5.56 Å². The Balaban J connectivity index is 2.52. The maximum absolute atomic E-state index is 11.5. The number of rotatable bonds is 7. The highest BCUT2D eigenvalue weighted by molar-refractivity contribution is 7.48. The van der Waals surface area contributed by atoms with Crippen LogP contribution in [0.5, 0.6) is 5.75 Å². The highest BCUT2D eigenvalue weighted by atomic mass is 31.1. The molecule has 0 aliphatic carbocycles. The van der Waals surface area contributed by atoms with E-state index in [0.29, 0.717) is 8.58 Å². The number of hydrogen-bond donors (Lipinski definition) is 0. The summed E-state index contributed by atoms with van der Waals surface area (Å²) in [5.74, 6) is 0.934. The van der Waals surface area contributed by atoms with Crippen LogP contribution in [0.1, 0.15) is 48.2 Å². The molecule has 0 heterocycles. The van der Waals surface area contributed by atoms with E-state index in [0.717, 1.165) is 41.3 Å². The third-order valence-corrected chi connectivity index (χ3v) is 6.72. The molecule has 0 N–H and O–H groups in total. The van der Waals surface area contributed by atoms with E-state index in [4.69, 9.17) is 4.74 Å². The summed E-state index contributed by atoms with van der Waals surface area (Å²) >= 11 is 0. The highest BCUT2D eigenvalue weighted by Gasteiger charge is 2.32. The Bertz CT molecular complexity index is 675. The summed E-state index contributed by atoms with van der Waals surface area (Å²) in [4.78, 5) is 11.5. The number of hydrogen-bond acceptors (Lipinski definition) is 2. The molecule has 1 unspecified atom stereocenters. The molecule has 0 saturated heterocycles. The predicted octanol–water partition coefficient (Wildman–Crippen LogP) is 4.84. The molecule has 0 spiro atoms. The summed E-state index contributed by atoms with van der Waals surface area (Å²) < 4.78 is 5.60. The second kappa shape index (κ2) is 7.75. The molecule has 3 heteroatoms. The minimum atomic E-state index is -0.000376. The first kappa shape index (κ1) is 17.7. The molecule has 0 aliphatic rings. The zero-order valence-electron chi connectivity index (χ0n) is 14.3. The Morgan fingerprint density at radius 2 is 1.83 bits per heavy atom. The van der Waals surface area contributed by atoms with Gasteiger partial charge in [0.25, 0.3) is 0 Å². The Morgan fingerprint density at radius 3 is 2.43 bits per heavy atom. The molecule has 0 bridgehead atoms. The molecule has 23 heavy (non-hydrogen) atoms. The number of aryl methyl sites for hydroxylation is 1. The van der Waals surface area contributed by atoms with Crippen molar-refractivity contribution in [3.05, 3.63) is 59.2 Å². The van der Waals surface area contributed by atoms with Gasteiger partial charge < -0.3 is 4.74 Å². The van der Waals surface area contributed by atoms with Crippen LogP contribution in [0.25, 0.3) is 0 Å². The second-order valence-electron chi connectivity index (χ2n) is 5.82. The van der Waals surface area contributed by atoms with Crippen LogP contribution in [0.2, 0.25) is 0 Å². The molecule has 122 valence electrons. The highest BCUT2D eigenvalue weighted by Crippen LogP contribution is 2.50. The number of para-hydroxylation sites is 1. The summed E-state index contributed by atoms with van der Waals surface area (Å²) in [7, 11) is 2.26. The molecule has 1 atom stereocenters. The lowest BCUT2D eigenvalue weighted by molar-refractivity contribution is 0.112. The van der Waals surface area contributed by atoms with Gasteiger partial charge in [-0.1, -0.05) is 58.3 Å². The zero-order valence-corrected chi connectivity index (χ0v) is 15.3. The van der Waals surface area contributed by atoms with Gasteiger partial charge in [0.15, 0.2) is 6.29 Å². The fourth-order valence-electron chi connectivity index (χ4n) is 3.07. The van der Waals surface area contributed by atoms with Crippen LogP contribution in [0, 0.1) is 6.92 Å². The standard InChI is InChI=1S/C20H25O2P/c1-5-20(6-2,17-9-7-8-10-18(17)22-4)23-19-12-11-15(3)13-16(19)14-21/h7-14,23H,5-6H2,1-4H3. The largest absolute Gasteiger partial charge is 0.496 e. The Hall–Kier alpha value is -1.66. The van der Waals surface area contributed by atoms with E-state index in [1.807, 2.05) is 25.1 Å². The summed E-state index contributed by atoms with van der Waals surface area (Å²) in [5, 5.41) is 1.14. The fourth-order valence-corrected chi connectivity index (χ4v) is 4.72. The van der Waals surface area contributed by atoms with Gasteiger partial charge in [0, 0.05) is 16.3 Å². The molecule has 0 radical (unpaired) electrons. The van der Waals surface area contributed by atoms with Crippen molar-refractivity contribution in [1.29, 1.82) is 0 Å². The molecule has 2 aromatic rings. The van der Waals surface area contributed by atoms with Crippen molar-refractivity contribution in [1.82, 2.24) is 0 Å². The van der Waals surface area contributed by atoms with Crippen molar-refractivity contribution in [3.8, 4) is 5.75 Å². The Morgan fingerprint density at radius 1 is 1.13 bits per heavy atom. The summed E-state index contributed by atoms with van der Waals surface area (Å²) in [6.45, 7) is 6.46. The first-order valence-electron chi connectivity index (χ1n) is 8.07. The van der Waals surface area contributed by atoms with Gasteiger partial charge in [-0.25, -0.2) is 0 Å². The predicted molar refractivity (Wildman–Crippen MR) is 99.8 cm³/mol. The smallest absolute Gasteiger partial charge is 0.150 e. The van der Waals surface area contributed by atoms with Crippen molar-refractivity contribution >= 4 is 20.2 Å². The minimum Gasteiger partial charge on any atom is -0.496 e. The van der Waals surface area contributed by atoms with E-state index in [1.54, 1.807) is 7.11 Å². The number of ether oxygens (including phenoxy) is 1. The molecule has 2 aromatic carbocycles. The lowest BCUT2D eigenvalue weighted by atomic mass is 9.92. The van der Waals surface area contributed by atoms with E-state index in [9.17, 15) is 4.79 Å². The maximum atomic E-state index is 11.5. The average Bonchev–Trinajstić information content (AvgIpc) is 2.61. The molecule has 0 aromatic heterocycles. The third kappa shape index (κ3) is 3.64. The van der Waals surface area contributed by atoms with Crippen molar-refractivity contribution in [2.24, 2.45) is 0 Å². The maximum Gasteiger partial charge on any atom is 0.150 e. The minimum absolute atomic E-state index is 0.000376. The van der Waals surface area contributed by atoms with Gasteiger partial charge in [-0.3, -0.25) is 4.79 Å². The Kier molecular flexibility index (Phi) is 5.96. The quantitative estimate of drug-likeness (QED) is 0.537. The van der Waals surface area contributed by atoms with Gasteiger partial charge in [-0.05, 0) is 37.2 Å². The van der Waals surface area contributed by atoms with Crippen LogP contribution in [-0.4, -0.2) is 13.4 Å². The van der Waals surface area contributed by atoms with Gasteiger partial charge in [0.2, 0.25) is 0 Å². The van der Waals surface area contributed by atoms with Gasteiger partial charge >= 0.3 is 0 Å². The lowest BCUT2D eigenvalue weighted by Gasteiger charge is -2.34. The molecule has 2 rings (SSSR count). The van der Waals surface area contributed by atoms with E-state index >= 15 is 0 Å². The normalized spacial score (nSPS) is 11.8. The van der Waals surface area contributed by atoms with Crippen molar-refractivity contribution < 1.29 is 9.53 Å². The number of aldehydes is 1. The fraction of sp³-hybridized carbons (Fsp3) is 0.350. The van der Waals surface area contributed by atoms with Crippen molar-refractivity contribution in [2.75, 3.05) is 7.11 Å². The molecule has 0 saturated carbocycles. The van der Waals surface area contributed by atoms with Crippen molar-refractivity contribution in [3.63, 3.8) is 0 Å². The zero-order chi connectivity index (χ0) is 16.9. The second-order valence-corrected chi connectivity index (χ2v) is 7.57. The summed E-state index contributed by atoms with van der Waals surface area (Å²) in [5.41, 5.74) is 3.17. The van der Waals surface area contributed by atoms with E-state index in [-0.39, 0.29) is 5.16 Å². The molecular weight excluding hydrogens is 303 g/mol. The Labute approximate surface area is 141 Å². The first-order chi connectivity index (χ1) is 11.1. The SMILES string of the molecule is CCC(CC)(Pc1ccc(C)cc1C=O)c1ccccc1OC. The van der Waals surface area contributed by atoms with Crippen LogP contribution < -0.4 is 10.0 Å². The first-order valence-corrected chi connectivity index (χ1v) is 9.07. The lowest BCUT2D eigenvalue weighted by Crippen LogP contribution is -2.23. The molecule has 0 aliphatic heterocycles.